The van der Waals surface area contributed by atoms with Gasteiger partial charge in [-0.1, -0.05) is 0 Å². The van der Waals surface area contributed by atoms with Crippen molar-refractivity contribution < 1.29 is 33.0 Å². The molecule has 1 saturated heterocycles. The summed E-state index contributed by atoms with van der Waals surface area (Å²) in [6.07, 6.45) is 3.97. The molecule has 12 heteroatoms. The minimum atomic E-state index is -1.38. The highest BCUT2D eigenvalue weighted by atomic mass is 32.1. The lowest BCUT2D eigenvalue weighted by atomic mass is 10.1. The van der Waals surface area contributed by atoms with E-state index in [9.17, 15) is 23.5 Å². The number of likely N-dealkylation sites (tertiary alicyclic amines) is 1. The van der Waals surface area contributed by atoms with Crippen LogP contribution < -0.4 is 15.4 Å². The normalized spacial score (nSPS) is 15.8. The number of carboxylic acid groups (broad SMARTS) is 1. The number of carbonyl (C=O) groups is 2. The van der Waals surface area contributed by atoms with Gasteiger partial charge in [0.05, 0.1) is 12.2 Å². The summed E-state index contributed by atoms with van der Waals surface area (Å²) in [6, 6.07) is 2.19. The molecule has 0 saturated carbocycles. The molecule has 35 heavy (non-hydrogen) atoms. The largest absolute Gasteiger partial charge is 0.477 e. The maximum Gasteiger partial charge on any atom is 0.344 e. The number of carboxylic acids is 1. The van der Waals surface area contributed by atoms with Crippen molar-refractivity contribution in [3.63, 3.8) is 0 Å². The van der Waals surface area contributed by atoms with Crippen molar-refractivity contribution in [2.24, 2.45) is 0 Å². The summed E-state index contributed by atoms with van der Waals surface area (Å²) in [5.74, 6) is -3.31. The smallest absolute Gasteiger partial charge is 0.344 e. The molecule has 2 heterocycles. The molecule has 3 rings (SSSR count). The molecule has 0 aliphatic carbocycles. The number of unbranched alkanes of at least 4 members (excludes halogenated alkanes) is 1. The number of hydrogen-bond donors (Lipinski definition) is 3. The second-order valence-electron chi connectivity index (χ2n) is 8.37. The van der Waals surface area contributed by atoms with Crippen LogP contribution in [0.5, 0.6) is 5.88 Å². The van der Waals surface area contributed by atoms with Crippen LogP contribution in [0, 0.1) is 18.6 Å². The summed E-state index contributed by atoms with van der Waals surface area (Å²) in [5.41, 5.74) is -0.307. The average Bonchev–Trinajstić information content (AvgIpc) is 3.39. The van der Waals surface area contributed by atoms with Gasteiger partial charge >= 0.3 is 12.0 Å². The zero-order chi connectivity index (χ0) is 25.4. The van der Waals surface area contributed by atoms with E-state index in [0.29, 0.717) is 29.7 Å². The van der Waals surface area contributed by atoms with E-state index in [1.54, 1.807) is 14.0 Å². The molecule has 2 aromatic rings. The van der Waals surface area contributed by atoms with Crippen molar-refractivity contribution in [3.05, 3.63) is 40.5 Å². The molecule has 1 aliphatic heterocycles. The van der Waals surface area contributed by atoms with Gasteiger partial charge in [0.25, 0.3) is 0 Å². The number of benzene rings is 1. The number of nitrogens with one attached hydrogen (secondary N) is 2. The third-order valence-electron chi connectivity index (χ3n) is 5.76. The van der Waals surface area contributed by atoms with Gasteiger partial charge < -0.3 is 19.9 Å². The number of aromatic nitrogens is 1. The highest BCUT2D eigenvalue weighted by Crippen LogP contribution is 2.31. The van der Waals surface area contributed by atoms with E-state index < -0.39 is 30.2 Å². The number of halogens is 2. The molecule has 0 bridgehead atoms. The summed E-state index contributed by atoms with van der Waals surface area (Å²) >= 11 is 0.710. The highest BCUT2D eigenvalue weighted by molar-refractivity contribution is 7.11. The van der Waals surface area contributed by atoms with Crippen LogP contribution in [0.15, 0.2) is 12.1 Å². The van der Waals surface area contributed by atoms with E-state index in [1.165, 1.54) is 0 Å². The zero-order valence-electron chi connectivity index (χ0n) is 19.7. The van der Waals surface area contributed by atoms with E-state index in [2.05, 4.69) is 19.9 Å². The van der Waals surface area contributed by atoms with Crippen LogP contribution in [0.1, 0.15) is 47.2 Å². The lowest BCUT2D eigenvalue weighted by Gasteiger charge is -2.23. The number of carbonyl (C=O) groups excluding carboxylic acids is 1. The fraction of sp³-hybridized carbons (Fsp3) is 0.522. The Morgan fingerprint density at radius 1 is 1.29 bits per heavy atom. The highest BCUT2D eigenvalue weighted by Gasteiger charge is 2.25. The fourth-order valence-corrected chi connectivity index (χ4v) is 4.74. The van der Waals surface area contributed by atoms with Crippen molar-refractivity contribution in [2.75, 3.05) is 38.7 Å². The minimum absolute atomic E-state index is 0.0330. The van der Waals surface area contributed by atoms with Gasteiger partial charge in [-0.3, -0.25) is 10.2 Å². The van der Waals surface area contributed by atoms with Gasteiger partial charge in [-0.25, -0.2) is 18.4 Å². The van der Waals surface area contributed by atoms with Crippen molar-refractivity contribution in [2.45, 2.75) is 45.3 Å². The Kier molecular flexibility index (Phi) is 9.75. The third-order valence-corrected chi connectivity index (χ3v) is 6.50. The molecular weight excluding hydrogens is 482 g/mol. The molecule has 1 aromatic heterocycles. The lowest BCUT2D eigenvalue weighted by molar-refractivity contribution is 0.0693. The summed E-state index contributed by atoms with van der Waals surface area (Å²) in [5, 5.41) is 14.7. The maximum absolute atomic E-state index is 14.0. The number of urea groups is 1. The minimum Gasteiger partial charge on any atom is -0.477 e. The second-order valence-corrected chi connectivity index (χ2v) is 9.14. The summed E-state index contributed by atoms with van der Waals surface area (Å²) < 4.78 is 42.5. The molecule has 0 radical (unpaired) electrons. The lowest BCUT2D eigenvalue weighted by Crippen LogP contribution is -2.34. The molecule has 2 amide bonds. The Bertz CT molecular complexity index is 1010. The van der Waals surface area contributed by atoms with Crippen LogP contribution in [-0.4, -0.2) is 65.8 Å². The quantitative estimate of drug-likeness (QED) is 0.368. The summed E-state index contributed by atoms with van der Waals surface area (Å²) in [4.78, 5) is 26.4. The first-order valence-electron chi connectivity index (χ1n) is 11.4. The van der Waals surface area contributed by atoms with E-state index in [4.69, 9.17) is 9.47 Å². The number of aryl methyl sites for hydroxylation is 1. The van der Waals surface area contributed by atoms with Crippen molar-refractivity contribution in [1.29, 1.82) is 0 Å². The number of rotatable bonds is 12. The van der Waals surface area contributed by atoms with Crippen molar-refractivity contribution in [3.8, 4) is 5.88 Å². The van der Waals surface area contributed by atoms with Gasteiger partial charge in [0.1, 0.15) is 23.2 Å². The van der Waals surface area contributed by atoms with Gasteiger partial charge in [-0.2, -0.15) is 4.37 Å². The molecule has 1 atom stereocenters. The summed E-state index contributed by atoms with van der Waals surface area (Å²) in [6.45, 7) is 4.13. The first-order valence-corrected chi connectivity index (χ1v) is 12.2. The SMILES string of the molecule is COCC1CCCN1CCCCNC(=O)Nc1snc(OCc2c(F)cc(C)cc2F)c1C(=O)O. The zero-order valence-corrected chi connectivity index (χ0v) is 20.6. The van der Waals surface area contributed by atoms with Gasteiger partial charge in [-0.15, -0.1) is 0 Å². The second kappa shape index (κ2) is 12.8. The van der Waals surface area contributed by atoms with E-state index in [-0.39, 0.29) is 22.0 Å². The van der Waals surface area contributed by atoms with Crippen molar-refractivity contribution in [1.82, 2.24) is 14.6 Å². The molecule has 1 aromatic carbocycles. The maximum atomic E-state index is 14.0. The predicted octanol–water partition coefficient (Wildman–Crippen LogP) is 4.02. The molecule has 1 aliphatic rings. The van der Waals surface area contributed by atoms with E-state index in [0.717, 1.165) is 57.5 Å². The Balaban J connectivity index is 1.48. The molecule has 3 N–H and O–H groups in total. The Morgan fingerprint density at radius 3 is 2.71 bits per heavy atom. The average molecular weight is 513 g/mol. The van der Waals surface area contributed by atoms with Crippen LogP contribution in [0.4, 0.5) is 18.6 Å². The third kappa shape index (κ3) is 7.33. The fourth-order valence-electron chi connectivity index (χ4n) is 4.02. The molecule has 192 valence electrons. The molecule has 0 spiro atoms. The summed E-state index contributed by atoms with van der Waals surface area (Å²) in [7, 11) is 1.71. The number of ether oxygens (including phenoxy) is 2. The van der Waals surface area contributed by atoms with Crippen molar-refractivity contribution >= 4 is 28.5 Å². The van der Waals surface area contributed by atoms with Crippen LogP contribution in [0.2, 0.25) is 0 Å². The molecular formula is C23H30F2N4O5S. The Hall–Kier alpha value is -2.83. The molecule has 1 unspecified atom stereocenters. The van der Waals surface area contributed by atoms with Crippen LogP contribution in [0.25, 0.3) is 0 Å². The predicted molar refractivity (Wildman–Crippen MR) is 127 cm³/mol. The number of nitrogens with zero attached hydrogens (tertiary/aromatic N) is 2. The molecule has 9 nitrogen and oxygen atoms in total. The van der Waals surface area contributed by atoms with Gasteiger partial charge in [0, 0.05) is 19.7 Å². The van der Waals surface area contributed by atoms with Gasteiger partial charge in [0.15, 0.2) is 5.56 Å². The Morgan fingerprint density at radius 2 is 2.03 bits per heavy atom. The van der Waals surface area contributed by atoms with Gasteiger partial charge in [0.2, 0.25) is 5.88 Å². The molecule has 1 fully saturated rings. The first kappa shape index (κ1) is 26.8. The number of aromatic carboxylic acids is 1. The van der Waals surface area contributed by atoms with Crippen LogP contribution in [-0.2, 0) is 11.3 Å². The number of anilines is 1. The standard InChI is InChI=1S/C23H30F2N4O5S/c1-14-10-17(24)16(18(25)11-14)13-34-20-19(22(30)31)21(35-28-20)27-23(32)26-7-3-4-8-29-9-5-6-15(29)12-33-2/h10-11,15H,3-9,12-13H2,1-2H3,(H,30,31)(H2,26,27,32). The number of methoxy groups -OCH3 is 1. The number of hydrogen-bond acceptors (Lipinski definition) is 7. The monoisotopic (exact) mass is 512 g/mol. The van der Waals surface area contributed by atoms with Crippen LogP contribution >= 0.6 is 11.5 Å². The van der Waals surface area contributed by atoms with E-state index >= 15 is 0 Å². The van der Waals surface area contributed by atoms with Crippen LogP contribution in [0.3, 0.4) is 0 Å². The van der Waals surface area contributed by atoms with Gasteiger partial charge in [-0.05, 0) is 74.9 Å². The first-order chi connectivity index (χ1) is 16.8. The topological polar surface area (TPSA) is 113 Å². The number of amides is 2. The van der Waals surface area contributed by atoms with E-state index in [1.807, 2.05) is 0 Å². The Labute approximate surface area is 206 Å².